The number of anilines is 1. The smallest absolute Gasteiger partial charge is 0.130 e. The van der Waals surface area contributed by atoms with E-state index in [2.05, 4.69) is 9.97 Å². The molecule has 0 saturated carbocycles. The van der Waals surface area contributed by atoms with Crippen molar-refractivity contribution in [1.29, 1.82) is 5.26 Å². The molecule has 4 rings (SSSR count). The molecule has 0 spiro atoms. The van der Waals surface area contributed by atoms with Crippen molar-refractivity contribution in [2.24, 2.45) is 0 Å². The van der Waals surface area contributed by atoms with Crippen LogP contribution in [-0.2, 0) is 0 Å². The number of fused-ring (bicyclic) bond motifs is 1. The Bertz CT molecular complexity index is 1080. The van der Waals surface area contributed by atoms with Crippen LogP contribution in [0.4, 0.5) is 19.0 Å². The predicted octanol–water partition coefficient (Wildman–Crippen LogP) is 4.72. The van der Waals surface area contributed by atoms with E-state index in [9.17, 15) is 18.4 Å². The molecule has 1 aliphatic rings. The molecule has 2 atom stereocenters. The van der Waals surface area contributed by atoms with Gasteiger partial charge in [0.2, 0.25) is 0 Å². The Labute approximate surface area is 157 Å². The molecule has 0 radical (unpaired) electrons. The molecule has 1 saturated heterocycles. The molecule has 1 aromatic carbocycles. The van der Waals surface area contributed by atoms with E-state index in [1.807, 2.05) is 6.07 Å². The molecule has 27 heavy (non-hydrogen) atoms. The van der Waals surface area contributed by atoms with E-state index in [1.54, 1.807) is 17.0 Å². The molecule has 3 heterocycles. The minimum absolute atomic E-state index is 0.0129. The summed E-state index contributed by atoms with van der Waals surface area (Å²) in [6.07, 6.45) is 0.157. The molecule has 0 amide bonds. The van der Waals surface area contributed by atoms with Gasteiger partial charge in [0.05, 0.1) is 23.1 Å². The fraction of sp³-hybridized carbons (Fsp3) is 0.211. The van der Waals surface area contributed by atoms with Gasteiger partial charge in [-0.3, -0.25) is 4.98 Å². The molecule has 4 nitrogen and oxygen atoms in total. The average molecular weight is 389 g/mol. The van der Waals surface area contributed by atoms with Crippen molar-refractivity contribution < 1.29 is 13.2 Å². The molecule has 1 aliphatic heterocycles. The normalized spacial score (nSPS) is 19.4. The molecular weight excluding hydrogens is 377 g/mol. The first-order valence-corrected chi connectivity index (χ1v) is 8.56. The lowest BCUT2D eigenvalue weighted by atomic mass is 10.0. The number of pyridine rings is 2. The maximum Gasteiger partial charge on any atom is 0.130 e. The average Bonchev–Trinajstić information content (AvgIpc) is 3.04. The first kappa shape index (κ1) is 17.6. The SMILES string of the molecule is N#Cc1c(Cl)cnc2ccc(N3C[C@@H](F)C[C@@H]3c3cc(F)ccc3F)nc12. The molecule has 0 bridgehead atoms. The van der Waals surface area contributed by atoms with Crippen molar-refractivity contribution in [2.75, 3.05) is 11.4 Å². The summed E-state index contributed by atoms with van der Waals surface area (Å²) in [4.78, 5) is 10.1. The second-order valence-electron chi connectivity index (χ2n) is 6.30. The van der Waals surface area contributed by atoms with E-state index >= 15 is 0 Å². The molecule has 1 fully saturated rings. The summed E-state index contributed by atoms with van der Waals surface area (Å²) in [5.41, 5.74) is 0.974. The molecule has 0 unspecified atom stereocenters. The summed E-state index contributed by atoms with van der Waals surface area (Å²) in [7, 11) is 0. The van der Waals surface area contributed by atoms with Crippen LogP contribution in [0.3, 0.4) is 0 Å². The number of rotatable bonds is 2. The quantitative estimate of drug-likeness (QED) is 0.637. The highest BCUT2D eigenvalue weighted by molar-refractivity contribution is 6.32. The van der Waals surface area contributed by atoms with Crippen LogP contribution in [0.1, 0.15) is 23.6 Å². The van der Waals surface area contributed by atoms with Crippen LogP contribution in [0.2, 0.25) is 5.02 Å². The van der Waals surface area contributed by atoms with Crippen LogP contribution in [-0.4, -0.2) is 22.7 Å². The van der Waals surface area contributed by atoms with Crippen LogP contribution in [0.5, 0.6) is 0 Å². The largest absolute Gasteiger partial charge is 0.346 e. The van der Waals surface area contributed by atoms with Gasteiger partial charge in [0.25, 0.3) is 0 Å². The number of benzene rings is 1. The maximum absolute atomic E-state index is 14.3. The zero-order valence-electron chi connectivity index (χ0n) is 13.8. The zero-order valence-corrected chi connectivity index (χ0v) is 14.6. The molecule has 0 N–H and O–H groups in total. The van der Waals surface area contributed by atoms with Crippen LogP contribution < -0.4 is 4.90 Å². The molecular formula is C19H12ClF3N4. The number of hydrogen-bond acceptors (Lipinski definition) is 4. The fourth-order valence-electron chi connectivity index (χ4n) is 3.40. The van der Waals surface area contributed by atoms with Crippen molar-refractivity contribution in [1.82, 2.24) is 9.97 Å². The summed E-state index contributed by atoms with van der Waals surface area (Å²) in [5, 5.41) is 9.50. The second-order valence-corrected chi connectivity index (χ2v) is 6.70. The Kier molecular flexibility index (Phi) is 4.36. The predicted molar refractivity (Wildman–Crippen MR) is 95.2 cm³/mol. The van der Waals surface area contributed by atoms with Gasteiger partial charge in [-0.2, -0.15) is 5.26 Å². The zero-order chi connectivity index (χ0) is 19.1. The first-order chi connectivity index (χ1) is 13.0. The molecule has 3 aromatic rings. The van der Waals surface area contributed by atoms with Gasteiger partial charge in [-0.15, -0.1) is 0 Å². The number of nitrogens with zero attached hydrogens (tertiary/aromatic N) is 4. The topological polar surface area (TPSA) is 52.8 Å². The summed E-state index contributed by atoms with van der Waals surface area (Å²) in [6, 6.07) is 7.66. The van der Waals surface area contributed by atoms with E-state index < -0.39 is 23.8 Å². The second kappa shape index (κ2) is 6.71. The van der Waals surface area contributed by atoms with Crippen molar-refractivity contribution in [3.8, 4) is 6.07 Å². The number of alkyl halides is 1. The van der Waals surface area contributed by atoms with Gasteiger partial charge in [-0.05, 0) is 30.3 Å². The van der Waals surface area contributed by atoms with Gasteiger partial charge in [-0.1, -0.05) is 11.6 Å². The van der Waals surface area contributed by atoms with E-state index in [-0.39, 0.29) is 34.6 Å². The molecule has 0 aliphatic carbocycles. The van der Waals surface area contributed by atoms with Gasteiger partial charge in [0.1, 0.15) is 40.8 Å². The van der Waals surface area contributed by atoms with E-state index in [4.69, 9.17) is 11.6 Å². The number of hydrogen-bond donors (Lipinski definition) is 0. The summed E-state index contributed by atoms with van der Waals surface area (Å²) in [5.74, 6) is -0.858. The van der Waals surface area contributed by atoms with Gasteiger partial charge in [-0.25, -0.2) is 18.2 Å². The number of halogens is 4. The lowest BCUT2D eigenvalue weighted by molar-refractivity contribution is 0.355. The molecule has 136 valence electrons. The van der Waals surface area contributed by atoms with Crippen molar-refractivity contribution >= 4 is 28.5 Å². The van der Waals surface area contributed by atoms with Crippen LogP contribution in [0.15, 0.2) is 36.5 Å². The highest BCUT2D eigenvalue weighted by Gasteiger charge is 2.36. The molecule has 8 heteroatoms. The Morgan fingerprint density at radius 3 is 2.81 bits per heavy atom. The summed E-state index contributed by atoms with van der Waals surface area (Å²) >= 11 is 6.01. The number of aromatic nitrogens is 2. The highest BCUT2D eigenvalue weighted by Crippen LogP contribution is 2.38. The Hall–Kier alpha value is -2.85. The minimum atomic E-state index is -1.22. The van der Waals surface area contributed by atoms with Crippen LogP contribution in [0, 0.1) is 23.0 Å². The van der Waals surface area contributed by atoms with Crippen molar-refractivity contribution in [3.05, 3.63) is 64.3 Å². The minimum Gasteiger partial charge on any atom is -0.346 e. The third-order valence-corrected chi connectivity index (χ3v) is 4.91. The van der Waals surface area contributed by atoms with E-state index in [0.717, 1.165) is 18.2 Å². The van der Waals surface area contributed by atoms with E-state index in [1.165, 1.54) is 6.20 Å². The summed E-state index contributed by atoms with van der Waals surface area (Å²) < 4.78 is 42.1. The third kappa shape index (κ3) is 3.06. The van der Waals surface area contributed by atoms with Gasteiger partial charge in [0.15, 0.2) is 0 Å². The van der Waals surface area contributed by atoms with Crippen LogP contribution in [0.25, 0.3) is 11.0 Å². The third-order valence-electron chi connectivity index (χ3n) is 4.63. The Morgan fingerprint density at radius 2 is 2.04 bits per heavy atom. The van der Waals surface area contributed by atoms with E-state index in [0.29, 0.717) is 11.3 Å². The van der Waals surface area contributed by atoms with Crippen molar-refractivity contribution in [2.45, 2.75) is 18.6 Å². The molecule has 2 aromatic heterocycles. The lowest BCUT2D eigenvalue weighted by Gasteiger charge is -2.26. The maximum atomic E-state index is 14.3. The standard InChI is InChI=1S/C19H12ClF3N4/c20-14-8-25-16-3-4-18(26-19(16)13(14)7-24)27-9-11(22)6-17(27)12-5-10(21)1-2-15(12)23/h1-5,8,11,17H,6,9H2/t11-,17+/m0/s1. The van der Waals surface area contributed by atoms with Crippen molar-refractivity contribution in [3.63, 3.8) is 0 Å². The fourth-order valence-corrected chi connectivity index (χ4v) is 3.58. The lowest BCUT2D eigenvalue weighted by Crippen LogP contribution is -2.25. The Morgan fingerprint density at radius 1 is 1.22 bits per heavy atom. The van der Waals surface area contributed by atoms with Crippen LogP contribution >= 0.6 is 11.6 Å². The summed E-state index contributed by atoms with van der Waals surface area (Å²) in [6.45, 7) is -0.0188. The highest BCUT2D eigenvalue weighted by atomic mass is 35.5. The van der Waals surface area contributed by atoms with Gasteiger partial charge < -0.3 is 4.90 Å². The Balaban J connectivity index is 1.83. The van der Waals surface area contributed by atoms with Gasteiger partial charge in [0, 0.05) is 18.2 Å². The monoisotopic (exact) mass is 388 g/mol. The number of nitriles is 1. The van der Waals surface area contributed by atoms with Gasteiger partial charge >= 0.3 is 0 Å². The first-order valence-electron chi connectivity index (χ1n) is 8.19.